The normalized spacial score (nSPS) is 10.4. The largest absolute Gasteiger partial charge is 0.375 e. The zero-order valence-electron chi connectivity index (χ0n) is 11.1. The first-order valence-electron chi connectivity index (χ1n) is 6.34. The van der Waals surface area contributed by atoms with Crippen LogP contribution in [0, 0.1) is 0 Å². The number of likely N-dealkylation sites (N-methyl/N-ethyl adjacent to an activating group) is 1. The lowest BCUT2D eigenvalue weighted by atomic mass is 10.2. The number of para-hydroxylation sites is 1. The minimum Gasteiger partial charge on any atom is -0.375 e. The molecule has 2 aromatic rings. The molecule has 0 saturated heterocycles. The van der Waals surface area contributed by atoms with Crippen LogP contribution >= 0.6 is 11.6 Å². The number of halogens is 1. The maximum atomic E-state index is 5.83. The van der Waals surface area contributed by atoms with Crippen LogP contribution in [0.4, 0.5) is 5.69 Å². The van der Waals surface area contributed by atoms with Crippen molar-refractivity contribution in [3.8, 4) is 0 Å². The van der Waals surface area contributed by atoms with Crippen LogP contribution in [0.1, 0.15) is 5.56 Å². The predicted molar refractivity (Wildman–Crippen MR) is 80.8 cm³/mol. The fourth-order valence-electron chi connectivity index (χ4n) is 1.78. The lowest BCUT2D eigenvalue weighted by Gasteiger charge is -2.19. The topological polar surface area (TPSA) is 12.5 Å². The first-order chi connectivity index (χ1) is 9.25. The molecule has 0 spiro atoms. The second-order valence-electron chi connectivity index (χ2n) is 4.44. The van der Waals surface area contributed by atoms with E-state index >= 15 is 0 Å². The summed E-state index contributed by atoms with van der Waals surface area (Å²) in [6, 6.07) is 18.0. The van der Waals surface area contributed by atoms with Gasteiger partial charge in [-0.15, -0.1) is 0 Å². The molecule has 0 aliphatic rings. The highest BCUT2D eigenvalue weighted by Crippen LogP contribution is 2.12. The number of ether oxygens (including phenoxy) is 1. The van der Waals surface area contributed by atoms with Gasteiger partial charge in [0.15, 0.2) is 0 Å². The van der Waals surface area contributed by atoms with Crippen molar-refractivity contribution in [2.45, 2.75) is 6.61 Å². The molecule has 0 aliphatic carbocycles. The molecule has 0 unspecified atom stereocenters. The van der Waals surface area contributed by atoms with Gasteiger partial charge in [0.1, 0.15) is 0 Å². The van der Waals surface area contributed by atoms with Gasteiger partial charge in [-0.25, -0.2) is 0 Å². The zero-order chi connectivity index (χ0) is 13.5. The van der Waals surface area contributed by atoms with E-state index in [4.69, 9.17) is 16.3 Å². The Morgan fingerprint density at radius 1 is 1.00 bits per heavy atom. The van der Waals surface area contributed by atoms with Gasteiger partial charge >= 0.3 is 0 Å². The van der Waals surface area contributed by atoms with Crippen molar-refractivity contribution in [2.75, 3.05) is 25.1 Å². The Labute approximate surface area is 119 Å². The number of rotatable bonds is 6. The standard InChI is InChI=1S/C16H18ClNO/c1-18(16-5-3-2-4-6-16)11-12-19-13-14-7-9-15(17)10-8-14/h2-10H,11-13H2,1H3. The molecular weight excluding hydrogens is 258 g/mol. The van der Waals surface area contributed by atoms with Crippen LogP contribution in [-0.2, 0) is 11.3 Å². The molecule has 100 valence electrons. The predicted octanol–water partition coefficient (Wildman–Crippen LogP) is 3.99. The molecule has 0 N–H and O–H groups in total. The third kappa shape index (κ3) is 4.58. The maximum Gasteiger partial charge on any atom is 0.0717 e. The quantitative estimate of drug-likeness (QED) is 0.739. The Balaban J connectivity index is 1.71. The molecule has 0 fully saturated rings. The van der Waals surface area contributed by atoms with E-state index in [9.17, 15) is 0 Å². The van der Waals surface area contributed by atoms with Crippen LogP contribution in [0.3, 0.4) is 0 Å². The number of nitrogens with zero attached hydrogens (tertiary/aromatic N) is 1. The summed E-state index contributed by atoms with van der Waals surface area (Å²) in [6.07, 6.45) is 0. The molecule has 2 rings (SSSR count). The average molecular weight is 276 g/mol. The summed E-state index contributed by atoms with van der Waals surface area (Å²) in [5, 5.41) is 0.757. The van der Waals surface area contributed by atoms with E-state index in [0.29, 0.717) is 13.2 Å². The Morgan fingerprint density at radius 3 is 2.37 bits per heavy atom. The number of hydrogen-bond donors (Lipinski definition) is 0. The molecule has 0 aromatic heterocycles. The first-order valence-corrected chi connectivity index (χ1v) is 6.72. The summed E-state index contributed by atoms with van der Waals surface area (Å²) in [4.78, 5) is 2.18. The third-order valence-corrected chi connectivity index (χ3v) is 3.20. The monoisotopic (exact) mass is 275 g/mol. The van der Waals surface area contributed by atoms with Gasteiger partial charge in [0.05, 0.1) is 13.2 Å². The van der Waals surface area contributed by atoms with Crippen molar-refractivity contribution in [3.63, 3.8) is 0 Å². The molecule has 2 nitrogen and oxygen atoms in total. The molecule has 19 heavy (non-hydrogen) atoms. The highest BCUT2D eigenvalue weighted by atomic mass is 35.5. The SMILES string of the molecule is CN(CCOCc1ccc(Cl)cc1)c1ccccc1. The minimum absolute atomic E-state index is 0.625. The minimum atomic E-state index is 0.625. The van der Waals surface area contributed by atoms with E-state index in [1.54, 1.807) is 0 Å². The Hall–Kier alpha value is -1.51. The van der Waals surface area contributed by atoms with Gasteiger partial charge in [-0.2, -0.15) is 0 Å². The summed E-state index contributed by atoms with van der Waals surface area (Å²) >= 11 is 5.83. The van der Waals surface area contributed by atoms with E-state index in [2.05, 4.69) is 24.1 Å². The van der Waals surface area contributed by atoms with E-state index in [-0.39, 0.29) is 0 Å². The molecule has 0 saturated carbocycles. The Kier molecular flexibility index (Phi) is 5.25. The van der Waals surface area contributed by atoms with Crippen molar-refractivity contribution in [1.29, 1.82) is 0 Å². The van der Waals surface area contributed by atoms with Crippen LogP contribution in [0.15, 0.2) is 54.6 Å². The van der Waals surface area contributed by atoms with E-state index in [0.717, 1.165) is 17.1 Å². The van der Waals surface area contributed by atoms with Crippen molar-refractivity contribution in [2.24, 2.45) is 0 Å². The molecule has 3 heteroatoms. The van der Waals surface area contributed by atoms with Gasteiger partial charge in [0.2, 0.25) is 0 Å². The lowest BCUT2D eigenvalue weighted by Crippen LogP contribution is -2.22. The lowest BCUT2D eigenvalue weighted by molar-refractivity contribution is 0.127. The van der Waals surface area contributed by atoms with E-state index in [1.165, 1.54) is 5.69 Å². The molecule has 0 heterocycles. The fraction of sp³-hybridized carbons (Fsp3) is 0.250. The van der Waals surface area contributed by atoms with Crippen LogP contribution in [0.2, 0.25) is 5.02 Å². The van der Waals surface area contributed by atoms with E-state index in [1.807, 2.05) is 42.5 Å². The molecule has 0 aliphatic heterocycles. The third-order valence-electron chi connectivity index (χ3n) is 2.95. The number of hydrogen-bond acceptors (Lipinski definition) is 2. The van der Waals surface area contributed by atoms with Crippen molar-refractivity contribution >= 4 is 17.3 Å². The molecule has 2 aromatic carbocycles. The summed E-state index contributed by atoms with van der Waals surface area (Å²) in [5.74, 6) is 0. The second-order valence-corrected chi connectivity index (χ2v) is 4.87. The smallest absolute Gasteiger partial charge is 0.0717 e. The van der Waals surface area contributed by atoms with Crippen LogP contribution < -0.4 is 4.90 Å². The van der Waals surface area contributed by atoms with Crippen LogP contribution in [-0.4, -0.2) is 20.2 Å². The summed E-state index contributed by atoms with van der Waals surface area (Å²) in [6.45, 7) is 2.20. The molecular formula is C16H18ClNO. The molecule has 0 amide bonds. The summed E-state index contributed by atoms with van der Waals surface area (Å²) in [7, 11) is 2.07. The molecule has 0 radical (unpaired) electrons. The highest BCUT2D eigenvalue weighted by molar-refractivity contribution is 6.30. The summed E-state index contributed by atoms with van der Waals surface area (Å²) in [5.41, 5.74) is 2.35. The first kappa shape index (κ1) is 13.9. The average Bonchev–Trinajstić information content (AvgIpc) is 2.46. The van der Waals surface area contributed by atoms with E-state index < -0.39 is 0 Å². The van der Waals surface area contributed by atoms with Gasteiger partial charge in [0.25, 0.3) is 0 Å². The van der Waals surface area contributed by atoms with Crippen molar-refractivity contribution < 1.29 is 4.74 Å². The van der Waals surface area contributed by atoms with Crippen LogP contribution in [0.5, 0.6) is 0 Å². The molecule has 0 bridgehead atoms. The van der Waals surface area contributed by atoms with Crippen molar-refractivity contribution in [1.82, 2.24) is 0 Å². The molecule has 0 atom stereocenters. The number of anilines is 1. The van der Waals surface area contributed by atoms with Crippen molar-refractivity contribution in [3.05, 3.63) is 65.2 Å². The van der Waals surface area contributed by atoms with Crippen LogP contribution in [0.25, 0.3) is 0 Å². The van der Waals surface area contributed by atoms with Gasteiger partial charge in [0, 0.05) is 24.3 Å². The summed E-state index contributed by atoms with van der Waals surface area (Å²) < 4.78 is 5.67. The highest BCUT2D eigenvalue weighted by Gasteiger charge is 1.99. The number of benzene rings is 2. The van der Waals surface area contributed by atoms with Gasteiger partial charge in [-0.1, -0.05) is 41.9 Å². The maximum absolute atomic E-state index is 5.83. The Bertz CT molecular complexity index is 484. The second kappa shape index (κ2) is 7.17. The zero-order valence-corrected chi connectivity index (χ0v) is 11.8. The fourth-order valence-corrected chi connectivity index (χ4v) is 1.91. The Morgan fingerprint density at radius 2 is 1.68 bits per heavy atom. The van der Waals surface area contributed by atoms with Gasteiger partial charge in [-0.05, 0) is 29.8 Å². The van der Waals surface area contributed by atoms with Gasteiger partial charge in [-0.3, -0.25) is 0 Å². The van der Waals surface area contributed by atoms with Gasteiger partial charge < -0.3 is 9.64 Å².